The van der Waals surface area contributed by atoms with E-state index in [2.05, 4.69) is 0 Å². The van der Waals surface area contributed by atoms with Crippen LogP contribution >= 0.6 is 7.60 Å². The van der Waals surface area contributed by atoms with Gasteiger partial charge in [-0.25, -0.2) is 4.79 Å². The molecule has 0 N–H and O–H groups in total. The Morgan fingerprint density at radius 2 is 1.77 bits per heavy atom. The van der Waals surface area contributed by atoms with Gasteiger partial charge >= 0.3 is 13.6 Å². The van der Waals surface area contributed by atoms with Crippen LogP contribution in [0.3, 0.4) is 0 Å². The highest BCUT2D eigenvalue weighted by Gasteiger charge is 2.35. The van der Waals surface area contributed by atoms with Crippen molar-refractivity contribution in [3.8, 4) is 0 Å². The van der Waals surface area contributed by atoms with E-state index in [9.17, 15) is 19.5 Å². The molecule has 9 heteroatoms. The molecule has 2 rings (SSSR count). The Hall–Kier alpha value is -1.76. The summed E-state index contributed by atoms with van der Waals surface area (Å²) in [6, 6.07) is 5.21. The third kappa shape index (κ3) is 5.37. The van der Waals surface area contributed by atoms with Gasteiger partial charge in [-0.2, -0.15) is 0 Å². The number of nitro groups is 1. The Kier molecular flexibility index (Phi) is 7.32. The third-order valence-corrected chi connectivity index (χ3v) is 6.63. The van der Waals surface area contributed by atoms with E-state index in [0.717, 1.165) is 32.1 Å². The lowest BCUT2D eigenvalue weighted by molar-refractivity contribution is -0.384. The van der Waals surface area contributed by atoms with Gasteiger partial charge < -0.3 is 13.8 Å². The lowest BCUT2D eigenvalue weighted by Crippen LogP contribution is -2.32. The summed E-state index contributed by atoms with van der Waals surface area (Å²) >= 11 is 0. The zero-order chi connectivity index (χ0) is 19.2. The number of rotatable bonds is 8. The summed E-state index contributed by atoms with van der Waals surface area (Å²) < 4.78 is 28.2. The molecule has 1 aromatic rings. The van der Waals surface area contributed by atoms with E-state index in [0.29, 0.717) is 0 Å². The average Bonchev–Trinajstić information content (AvgIpc) is 2.68. The number of hydrogen-bond acceptors (Lipinski definition) is 7. The van der Waals surface area contributed by atoms with Crippen molar-refractivity contribution in [2.75, 3.05) is 20.4 Å². The molecule has 0 radical (unpaired) electrons. The number of carbonyl (C=O) groups excluding carboxylic acids is 1. The molecule has 0 aliphatic heterocycles. The number of hydrogen-bond donors (Lipinski definition) is 0. The average molecular weight is 385 g/mol. The van der Waals surface area contributed by atoms with Crippen molar-refractivity contribution >= 4 is 19.3 Å². The molecule has 0 unspecified atom stereocenters. The molecule has 1 aliphatic rings. The number of nitrogens with zero attached hydrogens (tertiary/aromatic N) is 1. The van der Waals surface area contributed by atoms with E-state index in [1.807, 2.05) is 0 Å². The molecule has 144 valence electrons. The van der Waals surface area contributed by atoms with Gasteiger partial charge in [-0.3, -0.25) is 14.7 Å². The minimum atomic E-state index is -3.34. The zero-order valence-corrected chi connectivity index (χ0v) is 15.9. The van der Waals surface area contributed by atoms with Crippen LogP contribution in [-0.2, 0) is 18.3 Å². The Labute approximate surface area is 152 Å². The third-order valence-electron chi connectivity index (χ3n) is 4.71. The van der Waals surface area contributed by atoms with Crippen molar-refractivity contribution in [2.45, 2.75) is 38.2 Å². The van der Waals surface area contributed by atoms with Crippen molar-refractivity contribution in [3.63, 3.8) is 0 Å². The van der Waals surface area contributed by atoms with Crippen LogP contribution in [0.15, 0.2) is 24.3 Å². The van der Waals surface area contributed by atoms with Crippen molar-refractivity contribution in [1.29, 1.82) is 0 Å². The second-order valence-electron chi connectivity index (χ2n) is 6.30. The predicted octanol–water partition coefficient (Wildman–Crippen LogP) is 4.19. The maximum absolute atomic E-state index is 12.5. The summed E-state index contributed by atoms with van der Waals surface area (Å²) in [6.07, 6.45) is 4.34. The summed E-state index contributed by atoms with van der Waals surface area (Å²) in [5.74, 6) is -0.515. The Morgan fingerprint density at radius 3 is 2.27 bits per heavy atom. The Balaban J connectivity index is 2.15. The van der Waals surface area contributed by atoms with Crippen LogP contribution in [0.25, 0.3) is 0 Å². The summed E-state index contributed by atoms with van der Waals surface area (Å²) in [5.41, 5.74) is 0.106. The fraction of sp³-hybridized carbons (Fsp3) is 0.588. The summed E-state index contributed by atoms with van der Waals surface area (Å²) in [4.78, 5) is 22.7. The highest BCUT2D eigenvalue weighted by atomic mass is 31.2. The van der Waals surface area contributed by atoms with Gasteiger partial charge in [0.2, 0.25) is 0 Å². The van der Waals surface area contributed by atoms with Gasteiger partial charge in [0.05, 0.1) is 16.6 Å². The van der Waals surface area contributed by atoms with Crippen LogP contribution in [0, 0.1) is 16.0 Å². The van der Waals surface area contributed by atoms with E-state index in [1.165, 1.54) is 38.5 Å². The van der Waals surface area contributed by atoms with E-state index < -0.39 is 24.6 Å². The topological polar surface area (TPSA) is 105 Å². The second-order valence-corrected chi connectivity index (χ2v) is 8.62. The van der Waals surface area contributed by atoms with Crippen LogP contribution in [0.4, 0.5) is 5.69 Å². The normalized spacial score (nSPS) is 16.8. The molecule has 1 atom stereocenters. The SMILES string of the molecule is COP(=O)(C[C@@H](OC(=O)c1ccc([N+](=O)[O-])cc1)C1CCCCC1)OC. The molecule has 8 nitrogen and oxygen atoms in total. The second kappa shape index (κ2) is 9.26. The van der Waals surface area contributed by atoms with Crippen molar-refractivity contribution in [2.24, 2.45) is 5.92 Å². The van der Waals surface area contributed by atoms with Gasteiger partial charge in [0.1, 0.15) is 6.10 Å². The van der Waals surface area contributed by atoms with Crippen LogP contribution < -0.4 is 0 Å². The van der Waals surface area contributed by atoms with Crippen molar-refractivity contribution < 1.29 is 28.1 Å². The van der Waals surface area contributed by atoms with Crippen LogP contribution in [0.5, 0.6) is 0 Å². The highest BCUT2D eigenvalue weighted by molar-refractivity contribution is 7.53. The first-order valence-electron chi connectivity index (χ1n) is 8.54. The number of benzene rings is 1. The number of carbonyl (C=O) groups is 1. The van der Waals surface area contributed by atoms with Crippen molar-refractivity contribution in [3.05, 3.63) is 39.9 Å². The number of non-ortho nitro benzene ring substituents is 1. The maximum Gasteiger partial charge on any atom is 0.338 e. The lowest BCUT2D eigenvalue weighted by atomic mass is 9.86. The quantitative estimate of drug-likeness (QED) is 0.286. The summed E-state index contributed by atoms with van der Waals surface area (Å²) in [7, 11) is -0.727. The molecular weight excluding hydrogens is 361 g/mol. The van der Waals surface area contributed by atoms with Crippen LogP contribution in [-0.4, -0.2) is 37.4 Å². The molecule has 1 fully saturated rings. The zero-order valence-electron chi connectivity index (χ0n) is 15.0. The van der Waals surface area contributed by atoms with Crippen LogP contribution in [0.2, 0.25) is 0 Å². The van der Waals surface area contributed by atoms with E-state index in [-0.39, 0.29) is 23.3 Å². The minimum absolute atomic E-state index is 0.0105. The number of ether oxygens (including phenoxy) is 1. The fourth-order valence-corrected chi connectivity index (χ4v) is 4.42. The van der Waals surface area contributed by atoms with Gasteiger partial charge in [-0.05, 0) is 30.9 Å². The summed E-state index contributed by atoms with van der Waals surface area (Å²) in [5, 5.41) is 10.7. The highest BCUT2D eigenvalue weighted by Crippen LogP contribution is 2.49. The monoisotopic (exact) mass is 385 g/mol. The van der Waals surface area contributed by atoms with Gasteiger partial charge in [0, 0.05) is 26.4 Å². The molecule has 0 heterocycles. The number of nitro benzene ring substituents is 1. The fourth-order valence-electron chi connectivity index (χ4n) is 3.16. The first-order valence-corrected chi connectivity index (χ1v) is 10.3. The molecule has 0 spiro atoms. The molecular formula is C17H24NO7P. The lowest BCUT2D eigenvalue weighted by Gasteiger charge is -2.31. The smallest absolute Gasteiger partial charge is 0.338 e. The molecule has 1 aliphatic carbocycles. The molecule has 26 heavy (non-hydrogen) atoms. The first kappa shape index (κ1) is 20.6. The van der Waals surface area contributed by atoms with Gasteiger partial charge in [-0.1, -0.05) is 19.3 Å². The largest absolute Gasteiger partial charge is 0.458 e. The van der Waals surface area contributed by atoms with Gasteiger partial charge in [0.25, 0.3) is 5.69 Å². The van der Waals surface area contributed by atoms with Crippen LogP contribution in [0.1, 0.15) is 42.5 Å². The van der Waals surface area contributed by atoms with Gasteiger partial charge in [-0.15, -0.1) is 0 Å². The minimum Gasteiger partial charge on any atom is -0.458 e. The van der Waals surface area contributed by atoms with Gasteiger partial charge in [0.15, 0.2) is 0 Å². The maximum atomic E-state index is 12.5. The molecule has 0 aromatic heterocycles. The Morgan fingerprint density at radius 1 is 1.19 bits per heavy atom. The van der Waals surface area contributed by atoms with E-state index >= 15 is 0 Å². The Bertz CT molecular complexity index is 662. The van der Waals surface area contributed by atoms with Crippen molar-refractivity contribution in [1.82, 2.24) is 0 Å². The number of esters is 1. The molecule has 1 saturated carbocycles. The molecule has 1 aromatic carbocycles. The van der Waals surface area contributed by atoms with E-state index in [1.54, 1.807) is 0 Å². The first-order chi connectivity index (χ1) is 12.4. The summed E-state index contributed by atoms with van der Waals surface area (Å²) in [6.45, 7) is 0. The standard InChI is InChI=1S/C17H24NO7P/c1-23-26(22,24-2)12-16(13-6-4-3-5-7-13)25-17(19)14-8-10-15(11-9-14)18(20)21/h8-11,13,16H,3-7,12H2,1-2H3/t16-/m1/s1. The molecule has 0 saturated heterocycles. The predicted molar refractivity (Wildman–Crippen MR) is 95.4 cm³/mol. The molecule has 0 amide bonds. The van der Waals surface area contributed by atoms with E-state index in [4.69, 9.17) is 13.8 Å². The molecule has 0 bridgehead atoms.